The van der Waals surface area contributed by atoms with Crippen molar-refractivity contribution in [2.45, 2.75) is 39.4 Å². The summed E-state index contributed by atoms with van der Waals surface area (Å²) in [6, 6.07) is 4.09. The Morgan fingerprint density at radius 1 is 1.45 bits per heavy atom. The molecular weight excluding hydrogens is 252 g/mol. The van der Waals surface area contributed by atoms with E-state index in [1.54, 1.807) is 6.26 Å². The molecule has 0 fully saturated rings. The molecule has 2 heterocycles. The Morgan fingerprint density at radius 2 is 2.30 bits per heavy atom. The maximum atomic E-state index is 5.98. The summed E-state index contributed by atoms with van der Waals surface area (Å²) in [5.74, 6) is 0.964. The lowest BCUT2D eigenvalue weighted by atomic mass is 10.1. The number of furan rings is 1. The fourth-order valence-electron chi connectivity index (χ4n) is 2.44. The van der Waals surface area contributed by atoms with E-state index in [-0.39, 0.29) is 6.04 Å². The Hall–Kier alpha value is -1.59. The van der Waals surface area contributed by atoms with Crippen LogP contribution in [0.4, 0.5) is 0 Å². The first-order chi connectivity index (χ1) is 9.78. The van der Waals surface area contributed by atoms with Gasteiger partial charge in [-0.15, -0.1) is 0 Å². The monoisotopic (exact) mass is 276 g/mol. The molecule has 0 amide bonds. The van der Waals surface area contributed by atoms with E-state index in [1.165, 1.54) is 5.56 Å². The predicted molar refractivity (Wildman–Crippen MR) is 79.1 cm³/mol. The highest BCUT2D eigenvalue weighted by Crippen LogP contribution is 2.21. The Labute approximate surface area is 120 Å². The molecule has 5 heteroatoms. The topological polar surface area (TPSA) is 60.2 Å². The third-order valence-corrected chi connectivity index (χ3v) is 3.50. The summed E-state index contributed by atoms with van der Waals surface area (Å²) in [4.78, 5) is 2.31. The summed E-state index contributed by atoms with van der Waals surface area (Å²) in [6.45, 7) is 7.50. The molecule has 0 bridgehead atoms. The van der Waals surface area contributed by atoms with E-state index in [1.807, 2.05) is 23.0 Å². The van der Waals surface area contributed by atoms with E-state index in [0.29, 0.717) is 6.54 Å². The van der Waals surface area contributed by atoms with Crippen molar-refractivity contribution in [3.8, 4) is 0 Å². The van der Waals surface area contributed by atoms with E-state index in [0.717, 1.165) is 31.8 Å². The van der Waals surface area contributed by atoms with E-state index in [4.69, 9.17) is 10.2 Å². The number of aryl methyl sites for hydroxylation is 1. The first-order valence-corrected chi connectivity index (χ1v) is 7.27. The van der Waals surface area contributed by atoms with E-state index in [2.05, 4.69) is 30.0 Å². The minimum atomic E-state index is 0.177. The van der Waals surface area contributed by atoms with Crippen LogP contribution in [-0.4, -0.2) is 27.8 Å². The average Bonchev–Trinajstić information content (AvgIpc) is 3.11. The maximum Gasteiger partial charge on any atom is 0.117 e. The zero-order chi connectivity index (χ0) is 14.4. The third-order valence-electron chi connectivity index (χ3n) is 3.50. The number of nitrogens with zero attached hydrogens (tertiary/aromatic N) is 3. The molecule has 1 unspecified atom stereocenters. The summed E-state index contributed by atoms with van der Waals surface area (Å²) in [5, 5.41) is 4.40. The highest BCUT2D eigenvalue weighted by atomic mass is 16.3. The lowest BCUT2D eigenvalue weighted by Crippen LogP contribution is -2.33. The molecule has 0 radical (unpaired) electrons. The molecule has 0 spiro atoms. The van der Waals surface area contributed by atoms with E-state index >= 15 is 0 Å². The van der Waals surface area contributed by atoms with Crippen LogP contribution < -0.4 is 5.73 Å². The van der Waals surface area contributed by atoms with Gasteiger partial charge in [0.15, 0.2) is 0 Å². The Morgan fingerprint density at radius 3 is 2.90 bits per heavy atom. The van der Waals surface area contributed by atoms with Crippen LogP contribution in [0.1, 0.15) is 37.6 Å². The zero-order valence-electron chi connectivity index (χ0n) is 12.3. The van der Waals surface area contributed by atoms with Gasteiger partial charge in [0.25, 0.3) is 0 Å². The summed E-state index contributed by atoms with van der Waals surface area (Å²) in [6.07, 6.45) is 6.82. The number of nitrogens with two attached hydrogens (primary N) is 1. The molecule has 2 aromatic rings. The molecule has 1 atom stereocenters. The van der Waals surface area contributed by atoms with Gasteiger partial charge in [0.1, 0.15) is 5.76 Å². The molecule has 0 aliphatic rings. The van der Waals surface area contributed by atoms with Crippen molar-refractivity contribution in [2.75, 3.05) is 13.1 Å². The van der Waals surface area contributed by atoms with Crippen LogP contribution in [-0.2, 0) is 13.1 Å². The first-order valence-electron chi connectivity index (χ1n) is 7.27. The SMILES string of the molecule is CCCn1cc(C(CN)N(CC)Cc2ccco2)cn1. The van der Waals surface area contributed by atoms with Crippen LogP contribution in [0.3, 0.4) is 0 Å². The van der Waals surface area contributed by atoms with Gasteiger partial charge in [-0.1, -0.05) is 13.8 Å². The molecule has 0 aliphatic carbocycles. The second kappa shape index (κ2) is 7.26. The molecule has 0 saturated carbocycles. The van der Waals surface area contributed by atoms with Gasteiger partial charge in [0.05, 0.1) is 25.0 Å². The molecule has 5 nitrogen and oxygen atoms in total. The standard InChI is InChI=1S/C15H24N4O/c1-3-7-19-11-13(10-17-19)15(9-16)18(4-2)12-14-6-5-8-20-14/h5-6,8,10-11,15H,3-4,7,9,12,16H2,1-2H3. The normalized spacial score (nSPS) is 13.0. The number of hydrogen-bond donors (Lipinski definition) is 1. The van der Waals surface area contributed by atoms with Gasteiger partial charge in [-0.25, -0.2) is 0 Å². The Bertz CT molecular complexity index is 492. The van der Waals surface area contributed by atoms with Crippen molar-refractivity contribution in [1.29, 1.82) is 0 Å². The Balaban J connectivity index is 2.11. The number of rotatable bonds is 8. The summed E-state index contributed by atoms with van der Waals surface area (Å²) >= 11 is 0. The van der Waals surface area contributed by atoms with Gasteiger partial charge in [-0.2, -0.15) is 5.10 Å². The second-order valence-corrected chi connectivity index (χ2v) is 4.93. The maximum absolute atomic E-state index is 5.98. The molecule has 110 valence electrons. The molecule has 2 rings (SSSR count). The van der Waals surface area contributed by atoms with Crippen LogP contribution >= 0.6 is 0 Å². The molecule has 2 N–H and O–H groups in total. The van der Waals surface area contributed by atoms with Gasteiger partial charge in [-0.3, -0.25) is 9.58 Å². The lowest BCUT2D eigenvalue weighted by Gasteiger charge is -2.28. The summed E-state index contributed by atoms with van der Waals surface area (Å²) < 4.78 is 7.42. The van der Waals surface area contributed by atoms with Crippen LogP contribution in [0.15, 0.2) is 35.2 Å². The number of aromatic nitrogens is 2. The number of likely N-dealkylation sites (N-methyl/N-ethyl adjacent to an activating group) is 1. The van der Waals surface area contributed by atoms with Crippen LogP contribution in [0.25, 0.3) is 0 Å². The van der Waals surface area contributed by atoms with Gasteiger partial charge >= 0.3 is 0 Å². The average molecular weight is 276 g/mol. The molecule has 2 aromatic heterocycles. The van der Waals surface area contributed by atoms with Crippen molar-refractivity contribution in [3.63, 3.8) is 0 Å². The molecule has 0 saturated heterocycles. The predicted octanol–water partition coefficient (Wildman–Crippen LogP) is 2.41. The van der Waals surface area contributed by atoms with Crippen LogP contribution in [0.2, 0.25) is 0 Å². The van der Waals surface area contributed by atoms with Crippen molar-refractivity contribution in [1.82, 2.24) is 14.7 Å². The second-order valence-electron chi connectivity index (χ2n) is 4.93. The van der Waals surface area contributed by atoms with Crippen molar-refractivity contribution in [2.24, 2.45) is 5.73 Å². The van der Waals surface area contributed by atoms with Crippen molar-refractivity contribution >= 4 is 0 Å². The van der Waals surface area contributed by atoms with Gasteiger partial charge < -0.3 is 10.2 Å². The molecule has 0 aliphatic heterocycles. The molecular formula is C15H24N4O. The molecule has 0 aromatic carbocycles. The highest BCUT2D eigenvalue weighted by Gasteiger charge is 2.20. The smallest absolute Gasteiger partial charge is 0.117 e. The summed E-state index contributed by atoms with van der Waals surface area (Å²) in [5.41, 5.74) is 7.16. The zero-order valence-corrected chi connectivity index (χ0v) is 12.3. The minimum Gasteiger partial charge on any atom is -0.468 e. The largest absolute Gasteiger partial charge is 0.468 e. The van der Waals surface area contributed by atoms with Crippen molar-refractivity contribution in [3.05, 3.63) is 42.1 Å². The van der Waals surface area contributed by atoms with Crippen molar-refractivity contribution < 1.29 is 4.42 Å². The van der Waals surface area contributed by atoms with Gasteiger partial charge in [-0.05, 0) is 25.1 Å². The fourth-order valence-corrected chi connectivity index (χ4v) is 2.44. The van der Waals surface area contributed by atoms with Crippen LogP contribution in [0, 0.1) is 0 Å². The van der Waals surface area contributed by atoms with Gasteiger partial charge in [0, 0.05) is 24.8 Å². The number of hydrogen-bond acceptors (Lipinski definition) is 4. The third kappa shape index (κ3) is 3.49. The molecule has 20 heavy (non-hydrogen) atoms. The van der Waals surface area contributed by atoms with E-state index in [9.17, 15) is 0 Å². The van der Waals surface area contributed by atoms with Gasteiger partial charge in [0.2, 0.25) is 0 Å². The first kappa shape index (κ1) is 14.8. The van der Waals surface area contributed by atoms with Crippen LogP contribution in [0.5, 0.6) is 0 Å². The summed E-state index contributed by atoms with van der Waals surface area (Å²) in [7, 11) is 0. The lowest BCUT2D eigenvalue weighted by molar-refractivity contribution is 0.188. The quantitative estimate of drug-likeness (QED) is 0.804. The Kier molecular flexibility index (Phi) is 5.38. The van der Waals surface area contributed by atoms with E-state index < -0.39 is 0 Å². The fraction of sp³-hybridized carbons (Fsp3) is 0.533. The minimum absolute atomic E-state index is 0.177. The highest BCUT2D eigenvalue weighted by molar-refractivity contribution is 5.12.